The molecule has 2 aromatic rings. The molecule has 1 fully saturated rings. The lowest BCUT2D eigenvalue weighted by molar-refractivity contribution is -0.123. The molecule has 178 valence electrons. The molecule has 1 aliphatic rings. The van der Waals surface area contributed by atoms with Crippen LogP contribution in [0.15, 0.2) is 36.4 Å². The van der Waals surface area contributed by atoms with E-state index in [4.69, 9.17) is 23.2 Å². The Labute approximate surface area is 204 Å². The van der Waals surface area contributed by atoms with Gasteiger partial charge in [-0.25, -0.2) is 4.39 Å². The van der Waals surface area contributed by atoms with Crippen molar-refractivity contribution in [2.75, 3.05) is 11.9 Å². The minimum Gasteiger partial charge on any atom is -0.355 e. The Bertz CT molecular complexity index is 1030. The molecule has 1 heterocycles. The third-order valence-corrected chi connectivity index (χ3v) is 6.46. The number of hydrogen-bond acceptors (Lipinski definition) is 3. The summed E-state index contributed by atoms with van der Waals surface area (Å²) in [5.41, 5.74) is 1.79. The van der Waals surface area contributed by atoms with Crippen molar-refractivity contribution in [3.8, 4) is 0 Å². The van der Waals surface area contributed by atoms with Crippen LogP contribution in [0.1, 0.15) is 57.1 Å². The number of anilines is 1. The number of carbonyl (C=O) groups excluding carboxylic acids is 2. The van der Waals surface area contributed by atoms with Gasteiger partial charge in [0.2, 0.25) is 12.3 Å². The molecule has 0 bridgehead atoms. The first-order valence-corrected chi connectivity index (χ1v) is 11.8. The van der Waals surface area contributed by atoms with E-state index in [0.29, 0.717) is 29.2 Å². The van der Waals surface area contributed by atoms with Crippen LogP contribution >= 0.6 is 23.2 Å². The topological polar surface area (TPSA) is 70.2 Å². The molecular weight excluding hydrogens is 464 g/mol. The lowest BCUT2D eigenvalue weighted by Crippen LogP contribution is -2.45. The molecule has 0 unspecified atom stereocenters. The smallest absolute Gasteiger partial charge is 0.237 e. The predicted octanol–water partition coefficient (Wildman–Crippen LogP) is 5.48. The summed E-state index contributed by atoms with van der Waals surface area (Å²) in [6.45, 7) is 8.71. The second-order valence-corrected chi connectivity index (χ2v) is 10.5. The van der Waals surface area contributed by atoms with E-state index in [-0.39, 0.29) is 34.2 Å². The van der Waals surface area contributed by atoms with Gasteiger partial charge in [0.1, 0.15) is 5.82 Å². The molecule has 33 heavy (non-hydrogen) atoms. The normalized spacial score (nSPS) is 22.8. The monoisotopic (exact) mass is 493 g/mol. The van der Waals surface area contributed by atoms with Gasteiger partial charge in [-0.05, 0) is 54.2 Å². The van der Waals surface area contributed by atoms with Crippen LogP contribution in [0.5, 0.6) is 0 Å². The van der Waals surface area contributed by atoms with Crippen LogP contribution in [0.2, 0.25) is 10.0 Å². The SMILES string of the molecule is CCNC(=O)[C@@H]1N[C@H](CC(C)(C)C)[C@@H](c2cc(F)c(Cl)cc2NC=O)[C@H]1c1cccc(Cl)c1. The molecule has 8 heteroatoms. The number of hydrogen-bond donors (Lipinski definition) is 3. The third kappa shape index (κ3) is 5.86. The fraction of sp³-hybridized carbons (Fsp3) is 0.440. The Kier molecular flexibility index (Phi) is 8.04. The molecule has 0 saturated carbocycles. The summed E-state index contributed by atoms with van der Waals surface area (Å²) in [4.78, 5) is 24.5. The van der Waals surface area contributed by atoms with Crippen molar-refractivity contribution in [3.63, 3.8) is 0 Å². The highest BCUT2D eigenvalue weighted by Crippen LogP contribution is 2.49. The van der Waals surface area contributed by atoms with Gasteiger partial charge in [0.05, 0.1) is 11.1 Å². The van der Waals surface area contributed by atoms with Gasteiger partial charge in [-0.2, -0.15) is 0 Å². The van der Waals surface area contributed by atoms with Gasteiger partial charge in [-0.15, -0.1) is 0 Å². The predicted molar refractivity (Wildman–Crippen MR) is 131 cm³/mol. The van der Waals surface area contributed by atoms with Gasteiger partial charge in [-0.1, -0.05) is 56.1 Å². The highest BCUT2D eigenvalue weighted by atomic mass is 35.5. The van der Waals surface area contributed by atoms with Gasteiger partial charge in [0.15, 0.2) is 0 Å². The van der Waals surface area contributed by atoms with Crippen LogP contribution in [-0.2, 0) is 9.59 Å². The molecule has 3 rings (SSSR count). The first-order valence-electron chi connectivity index (χ1n) is 11.0. The van der Waals surface area contributed by atoms with E-state index in [9.17, 15) is 14.0 Å². The number of halogens is 3. The second-order valence-electron chi connectivity index (χ2n) is 9.63. The zero-order valence-electron chi connectivity index (χ0n) is 19.2. The summed E-state index contributed by atoms with van der Waals surface area (Å²) in [7, 11) is 0. The molecule has 1 aliphatic heterocycles. The second kappa shape index (κ2) is 10.4. The minimum absolute atomic E-state index is 0.0753. The lowest BCUT2D eigenvalue weighted by Gasteiger charge is -2.31. The van der Waals surface area contributed by atoms with E-state index in [2.05, 4.69) is 36.7 Å². The Morgan fingerprint density at radius 3 is 2.52 bits per heavy atom. The number of carbonyl (C=O) groups is 2. The average Bonchev–Trinajstić information content (AvgIpc) is 3.08. The van der Waals surface area contributed by atoms with Gasteiger partial charge >= 0.3 is 0 Å². The molecule has 1 saturated heterocycles. The zero-order valence-corrected chi connectivity index (χ0v) is 20.7. The van der Waals surface area contributed by atoms with Gasteiger partial charge in [-0.3, -0.25) is 9.59 Å². The summed E-state index contributed by atoms with van der Waals surface area (Å²) >= 11 is 12.4. The van der Waals surface area contributed by atoms with E-state index in [1.165, 1.54) is 12.1 Å². The summed E-state index contributed by atoms with van der Waals surface area (Å²) in [5.74, 6) is -1.40. The molecule has 0 radical (unpaired) electrons. The van der Waals surface area contributed by atoms with Crippen molar-refractivity contribution < 1.29 is 14.0 Å². The maximum atomic E-state index is 14.7. The summed E-state index contributed by atoms with van der Waals surface area (Å²) in [5, 5.41) is 9.58. The number of amides is 2. The van der Waals surface area contributed by atoms with Crippen molar-refractivity contribution >= 4 is 41.2 Å². The Hall–Kier alpha value is -2.15. The molecule has 4 atom stereocenters. The quantitative estimate of drug-likeness (QED) is 0.447. The van der Waals surface area contributed by atoms with E-state index in [1.54, 1.807) is 6.07 Å². The van der Waals surface area contributed by atoms with Crippen molar-refractivity contribution in [2.45, 2.75) is 58.0 Å². The zero-order chi connectivity index (χ0) is 24.3. The van der Waals surface area contributed by atoms with Crippen LogP contribution in [0.4, 0.5) is 10.1 Å². The van der Waals surface area contributed by atoms with Crippen molar-refractivity contribution in [2.24, 2.45) is 5.41 Å². The standard InChI is InChI=1S/C25H30Cl2FN3O2/c1-5-29-24(33)23-21(14-7-6-8-15(26)9-14)22(20(31-23)12-25(2,3)4)16-10-18(28)17(27)11-19(16)30-13-32/h6-11,13,20-23,31H,5,12H2,1-4H3,(H,29,33)(H,30,32)/t20-,21-,22-,23-/m1/s1. The Morgan fingerprint density at radius 1 is 1.18 bits per heavy atom. The van der Waals surface area contributed by atoms with Gasteiger partial charge in [0.25, 0.3) is 0 Å². The molecule has 2 aromatic carbocycles. The maximum Gasteiger partial charge on any atom is 0.237 e. The lowest BCUT2D eigenvalue weighted by atomic mass is 9.73. The number of likely N-dealkylation sites (N-methyl/N-ethyl adjacent to an activating group) is 1. The molecule has 3 N–H and O–H groups in total. The summed E-state index contributed by atoms with van der Waals surface area (Å²) < 4.78 is 14.7. The molecule has 0 aromatic heterocycles. The molecule has 2 amide bonds. The van der Waals surface area contributed by atoms with Crippen molar-refractivity contribution in [3.05, 3.63) is 63.4 Å². The van der Waals surface area contributed by atoms with Crippen LogP contribution in [-0.4, -0.2) is 30.9 Å². The highest BCUT2D eigenvalue weighted by Gasteiger charge is 2.49. The Balaban J connectivity index is 2.24. The van der Waals surface area contributed by atoms with Crippen molar-refractivity contribution in [1.82, 2.24) is 10.6 Å². The number of rotatable bonds is 7. The first-order chi connectivity index (χ1) is 15.6. The van der Waals surface area contributed by atoms with Crippen LogP contribution in [0.25, 0.3) is 0 Å². The number of nitrogens with one attached hydrogen (secondary N) is 3. The van der Waals surface area contributed by atoms with E-state index >= 15 is 0 Å². The summed E-state index contributed by atoms with van der Waals surface area (Å²) in [6.07, 6.45) is 1.26. The summed E-state index contributed by atoms with van der Waals surface area (Å²) in [6, 6.07) is 9.43. The van der Waals surface area contributed by atoms with Gasteiger partial charge < -0.3 is 16.0 Å². The Morgan fingerprint density at radius 2 is 1.91 bits per heavy atom. The minimum atomic E-state index is -0.580. The van der Waals surface area contributed by atoms with E-state index in [1.807, 2.05) is 25.1 Å². The number of benzene rings is 2. The molecule has 5 nitrogen and oxygen atoms in total. The fourth-order valence-corrected chi connectivity index (χ4v) is 5.18. The molecule has 0 spiro atoms. The fourth-order valence-electron chi connectivity index (χ4n) is 4.81. The third-order valence-electron chi connectivity index (χ3n) is 5.94. The average molecular weight is 494 g/mol. The van der Waals surface area contributed by atoms with Crippen molar-refractivity contribution in [1.29, 1.82) is 0 Å². The largest absolute Gasteiger partial charge is 0.355 e. The van der Waals surface area contributed by atoms with Gasteiger partial charge in [0, 0.05) is 35.1 Å². The highest BCUT2D eigenvalue weighted by molar-refractivity contribution is 6.31. The van der Waals surface area contributed by atoms with Crippen LogP contribution in [0.3, 0.4) is 0 Å². The maximum absolute atomic E-state index is 14.7. The van der Waals surface area contributed by atoms with E-state index in [0.717, 1.165) is 12.0 Å². The van der Waals surface area contributed by atoms with E-state index < -0.39 is 11.9 Å². The van der Waals surface area contributed by atoms with Crippen LogP contribution < -0.4 is 16.0 Å². The first kappa shape index (κ1) is 25.5. The van der Waals surface area contributed by atoms with Crippen LogP contribution in [0, 0.1) is 11.2 Å². The molecular formula is C25H30Cl2FN3O2. The molecule has 0 aliphatic carbocycles.